The molecule has 0 aromatic heterocycles. The molecule has 0 aliphatic rings. The number of hydrogen-bond acceptors (Lipinski definition) is 11. The summed E-state index contributed by atoms with van der Waals surface area (Å²) >= 11 is -4.29. The average molecular weight is 1580 g/mol. The zero-order chi connectivity index (χ0) is 70.4. The van der Waals surface area contributed by atoms with Crippen molar-refractivity contribution in [1.82, 2.24) is 0 Å². The summed E-state index contributed by atoms with van der Waals surface area (Å²) in [6.07, 6.45) is 0. The van der Waals surface area contributed by atoms with Gasteiger partial charge in [-0.15, -0.1) is 0 Å². The van der Waals surface area contributed by atoms with Gasteiger partial charge < -0.3 is 0 Å². The second-order valence-corrected chi connectivity index (χ2v) is 35.1. The number of rotatable bonds is 21. The van der Waals surface area contributed by atoms with Crippen molar-refractivity contribution in [3.8, 4) is 23.0 Å². The van der Waals surface area contributed by atoms with Crippen LogP contribution >= 0.6 is 40.9 Å². The molecule has 0 unspecified atom stereocenters. The predicted octanol–water partition coefficient (Wildman–Crippen LogP) is 19.4. The van der Waals surface area contributed by atoms with Crippen molar-refractivity contribution < 1.29 is 110 Å². The van der Waals surface area contributed by atoms with Crippen molar-refractivity contribution in [1.29, 1.82) is 0 Å². The SMILES string of the molecule is O=S(=O)(OI(c1ccc(Oc2ccc(S(OS(=O)(=O)c3c(F)c(F)c(F)c(F)c3F)(c3ccccc3)c3ccccc3)cc2)cc1)c1ccc(Oc2ccc(S(OS(=O)(=O)c3c(F)c(F)c(F)c(F)c3F)(c3ccccc3)c3ccccc3)cc2)cc1)c1c(F)c(F)c(F)c(F)c1F. The third-order valence-corrected chi connectivity index (χ3v) is 31.6. The van der Waals surface area contributed by atoms with Crippen molar-refractivity contribution in [3.05, 3.63) is 313 Å². The normalized spacial score (nSPS) is 12.7. The van der Waals surface area contributed by atoms with E-state index in [4.69, 9.17) is 19.2 Å². The second kappa shape index (κ2) is 27.8. The summed E-state index contributed by atoms with van der Waals surface area (Å²) < 4.78 is 334. The van der Waals surface area contributed by atoms with Crippen LogP contribution in [0.2, 0.25) is 0 Å². The molecule has 0 atom stereocenters. The van der Waals surface area contributed by atoms with Crippen LogP contribution in [0, 0.1) is 94.4 Å². The number of halogens is 16. The fourth-order valence-electron chi connectivity index (χ4n) is 9.47. The first-order valence-corrected chi connectivity index (χ1v) is 37.7. The van der Waals surface area contributed by atoms with Crippen LogP contribution in [0.25, 0.3) is 0 Å². The Hall–Kier alpha value is -8.87. The number of hydrogen-bond donors (Lipinski definition) is 0. The molecule has 11 rings (SSSR count). The Kier molecular flexibility index (Phi) is 20.0. The van der Waals surface area contributed by atoms with Gasteiger partial charge in [0.1, 0.15) is 0 Å². The second-order valence-electron chi connectivity index (χ2n) is 19.9. The molecular weight excluding hydrogens is 1540 g/mol. The zero-order valence-electron chi connectivity index (χ0n) is 48.4. The average Bonchev–Trinajstić information content (AvgIpc) is 0.739. The summed E-state index contributed by atoms with van der Waals surface area (Å²) in [5, 5.41) is 0. The summed E-state index contributed by atoms with van der Waals surface area (Å²) in [4.78, 5) is -6.75. The molecule has 32 heteroatoms. The fraction of sp³-hybridized carbons (Fsp3) is 0. The van der Waals surface area contributed by atoms with E-state index in [2.05, 4.69) is 0 Å². The first kappa shape index (κ1) is 70.4. The standard InChI is InChI=1S/C66H36F15IO11S5/c67-49-52(70)58(76)64(59(77)53(49)71)96(83,84)91-82(37-21-25-39(26-22-37)89-41-29-33-47(34-30-41)94(43-13-5-1-6-14-43,44-15-7-2-8-16-44)92-97(85,86)65-60(78)54(72)50(68)55(73)61(65)79)38-23-27-40(28-24-38)90-42-31-35-48(36-32-42)95(45-17-9-3-10-18-45,46-19-11-4-12-20-46)93-98(87,88)66-62(80)56(74)51(69)57(75)63(66)81/h1-36H. The molecule has 98 heavy (non-hydrogen) atoms. The van der Waals surface area contributed by atoms with Gasteiger partial charge in [0.2, 0.25) is 11.6 Å². The third kappa shape index (κ3) is 13.1. The van der Waals surface area contributed by atoms with Crippen LogP contribution in [0.1, 0.15) is 0 Å². The van der Waals surface area contributed by atoms with E-state index < -0.39 is 173 Å². The van der Waals surface area contributed by atoms with Crippen LogP contribution in [0.15, 0.2) is 262 Å². The van der Waals surface area contributed by atoms with Gasteiger partial charge in [-0.25, -0.2) is 43.9 Å². The summed E-state index contributed by atoms with van der Waals surface area (Å²) in [6.45, 7) is 0. The van der Waals surface area contributed by atoms with Crippen LogP contribution in [-0.2, 0) is 40.1 Å². The Morgan fingerprint density at radius 1 is 0.224 bits per heavy atom. The van der Waals surface area contributed by atoms with Crippen LogP contribution < -0.4 is 9.47 Å². The van der Waals surface area contributed by atoms with Gasteiger partial charge in [0.05, 0.1) is 0 Å². The summed E-state index contributed by atoms with van der Waals surface area (Å²) in [5.74, 6) is -39.9. The molecule has 0 fully saturated rings. The molecule has 0 amide bonds. The number of ether oxygens (including phenoxy) is 2. The van der Waals surface area contributed by atoms with Crippen molar-refractivity contribution in [2.24, 2.45) is 0 Å². The van der Waals surface area contributed by atoms with Crippen molar-refractivity contribution in [2.45, 2.75) is 44.1 Å². The van der Waals surface area contributed by atoms with Gasteiger partial charge >= 0.3 is 360 Å². The molecule has 0 aliphatic heterocycles. The van der Waals surface area contributed by atoms with Crippen LogP contribution in [-0.4, -0.2) is 25.3 Å². The van der Waals surface area contributed by atoms with E-state index in [1.807, 2.05) is 0 Å². The predicted molar refractivity (Wildman–Crippen MR) is 331 cm³/mol. The maximum absolute atomic E-state index is 15.3. The van der Waals surface area contributed by atoms with E-state index >= 15 is 26.3 Å². The van der Waals surface area contributed by atoms with E-state index in [9.17, 15) is 64.8 Å². The minimum atomic E-state index is -5.94. The van der Waals surface area contributed by atoms with Gasteiger partial charge in [-0.3, -0.25) is 0 Å². The van der Waals surface area contributed by atoms with Crippen LogP contribution in [0.3, 0.4) is 0 Å². The Morgan fingerprint density at radius 2 is 0.418 bits per heavy atom. The summed E-state index contributed by atoms with van der Waals surface area (Å²) in [6, 6.07) is 48.9. The summed E-state index contributed by atoms with van der Waals surface area (Å²) in [5.41, 5.74) is 0. The van der Waals surface area contributed by atoms with Gasteiger partial charge in [-0.2, -0.15) is 16.8 Å². The summed E-state index contributed by atoms with van der Waals surface area (Å²) in [7, 11) is -25.4. The molecular formula is C66H36F15IO11S5. The molecule has 0 spiro atoms. The Labute approximate surface area is 557 Å². The van der Waals surface area contributed by atoms with Crippen molar-refractivity contribution in [2.75, 3.05) is 0 Å². The molecule has 11 aromatic carbocycles. The fourth-order valence-corrected chi connectivity index (χ4v) is 27.1. The first-order valence-electron chi connectivity index (χ1n) is 27.3. The van der Waals surface area contributed by atoms with Gasteiger partial charge in [-0.05, 0) is 0 Å². The maximum atomic E-state index is 15.3. The van der Waals surface area contributed by atoms with E-state index in [0.717, 1.165) is 0 Å². The van der Waals surface area contributed by atoms with E-state index in [-0.39, 0.29) is 59.5 Å². The third-order valence-electron chi connectivity index (χ3n) is 13.9. The Bertz CT molecular complexity index is 4780. The molecule has 0 N–H and O–H groups in total. The van der Waals surface area contributed by atoms with Gasteiger partial charge in [-0.1, -0.05) is 72.8 Å². The first-order chi connectivity index (χ1) is 46.5. The molecule has 0 saturated heterocycles. The molecule has 0 aliphatic carbocycles. The molecule has 0 radical (unpaired) electrons. The van der Waals surface area contributed by atoms with Crippen LogP contribution in [0.4, 0.5) is 65.9 Å². The minimum absolute atomic E-state index is 0.0376. The van der Waals surface area contributed by atoms with E-state index in [1.165, 1.54) is 218 Å². The number of benzene rings is 11. The molecule has 11 aromatic rings. The van der Waals surface area contributed by atoms with Crippen LogP contribution in [0.5, 0.6) is 23.0 Å². The quantitative estimate of drug-likeness (QED) is 0.0293. The topological polar surface area (TPSA) is 149 Å². The molecule has 0 bridgehead atoms. The van der Waals surface area contributed by atoms with Gasteiger partial charge in [0.25, 0.3) is 0 Å². The Balaban J connectivity index is 0.918. The molecule has 508 valence electrons. The molecule has 0 saturated carbocycles. The van der Waals surface area contributed by atoms with E-state index in [1.54, 1.807) is 0 Å². The Morgan fingerprint density at radius 3 is 0.653 bits per heavy atom. The zero-order valence-corrected chi connectivity index (χ0v) is 54.6. The van der Waals surface area contributed by atoms with Gasteiger partial charge in [0.15, 0.2) is 56.3 Å². The van der Waals surface area contributed by atoms with Gasteiger partial charge in [0, 0.05) is 0 Å². The monoisotopic (exact) mass is 1580 g/mol. The van der Waals surface area contributed by atoms with E-state index in [0.29, 0.717) is 0 Å². The molecule has 11 nitrogen and oxygen atoms in total. The van der Waals surface area contributed by atoms with Crippen molar-refractivity contribution >= 4 is 71.2 Å². The molecule has 0 heterocycles. The van der Waals surface area contributed by atoms with Crippen molar-refractivity contribution in [3.63, 3.8) is 0 Å².